The van der Waals surface area contributed by atoms with E-state index in [1.807, 2.05) is 52.1 Å². The van der Waals surface area contributed by atoms with Gasteiger partial charge in [-0.3, -0.25) is 4.79 Å². The van der Waals surface area contributed by atoms with Crippen LogP contribution in [0.3, 0.4) is 0 Å². The number of benzene rings is 1. The molecule has 10 heteroatoms. The number of halogens is 2. The number of hydrogen-bond donors (Lipinski definition) is 0. The Morgan fingerprint density at radius 3 is 2.42 bits per heavy atom. The highest BCUT2D eigenvalue weighted by Crippen LogP contribution is 2.25. The maximum absolute atomic E-state index is 12.6. The zero-order chi connectivity index (χ0) is 25.1. The number of likely N-dealkylation sites (tertiary alicyclic amines) is 2. The lowest BCUT2D eigenvalue weighted by atomic mass is 10.1. The van der Waals surface area contributed by atoms with Gasteiger partial charge in [-0.05, 0) is 42.8 Å². The number of ether oxygens (including phenoxy) is 2. The summed E-state index contributed by atoms with van der Waals surface area (Å²) in [5.74, 6) is 1.42. The van der Waals surface area contributed by atoms with Crippen molar-refractivity contribution in [3.63, 3.8) is 0 Å². The zero-order valence-electron chi connectivity index (χ0n) is 19.8. The number of pyridine rings is 1. The largest absolute Gasteiger partial charge is 0.489 e. The fraction of sp³-hybridized carbons (Fsp3) is 0.423. The highest BCUT2D eigenvalue weighted by atomic mass is 19.1. The maximum atomic E-state index is 12.6. The predicted molar refractivity (Wildman–Crippen MR) is 129 cm³/mol. The van der Waals surface area contributed by atoms with Gasteiger partial charge in [0.25, 0.3) is 5.91 Å². The molecule has 2 aliphatic rings. The van der Waals surface area contributed by atoms with E-state index in [4.69, 9.17) is 9.47 Å². The van der Waals surface area contributed by atoms with E-state index in [1.54, 1.807) is 6.20 Å². The molecule has 8 nitrogen and oxygen atoms in total. The summed E-state index contributed by atoms with van der Waals surface area (Å²) in [4.78, 5) is 32.4. The minimum Gasteiger partial charge on any atom is -0.489 e. The Hall–Kier alpha value is -3.69. The van der Waals surface area contributed by atoms with Crippen LogP contribution in [0.15, 0.2) is 48.8 Å². The van der Waals surface area contributed by atoms with Gasteiger partial charge in [0.1, 0.15) is 31.0 Å². The molecule has 2 amide bonds. The molecule has 2 saturated heterocycles. The molecule has 2 aliphatic heterocycles. The number of amides is 2. The van der Waals surface area contributed by atoms with Crippen LogP contribution in [-0.4, -0.2) is 83.1 Å². The lowest BCUT2D eigenvalue weighted by Crippen LogP contribution is -2.43. The molecule has 3 aromatic rings. The minimum atomic E-state index is -1.34. The first-order chi connectivity index (χ1) is 17.6. The third-order valence-corrected chi connectivity index (χ3v) is 6.66. The van der Waals surface area contributed by atoms with Crippen molar-refractivity contribution in [3.05, 3.63) is 54.4 Å². The van der Waals surface area contributed by atoms with Gasteiger partial charge in [-0.2, -0.15) is 0 Å². The van der Waals surface area contributed by atoms with Gasteiger partial charge in [0.2, 0.25) is 0 Å². The van der Waals surface area contributed by atoms with Gasteiger partial charge in [0.15, 0.2) is 6.10 Å². The quantitative estimate of drug-likeness (QED) is 0.489. The molecule has 5 rings (SSSR count). The molecule has 0 spiro atoms. The number of aromatic nitrogens is 2. The average molecular weight is 499 g/mol. The lowest BCUT2D eigenvalue weighted by molar-refractivity contribution is 0.0249. The van der Waals surface area contributed by atoms with Gasteiger partial charge in [0, 0.05) is 56.2 Å². The summed E-state index contributed by atoms with van der Waals surface area (Å²) in [5.41, 5.74) is 1.65. The van der Waals surface area contributed by atoms with Crippen LogP contribution in [0.1, 0.15) is 29.6 Å². The molecule has 0 atom stereocenters. The fourth-order valence-corrected chi connectivity index (χ4v) is 4.43. The van der Waals surface area contributed by atoms with Gasteiger partial charge < -0.3 is 23.8 Å². The van der Waals surface area contributed by atoms with Crippen LogP contribution in [0.2, 0.25) is 0 Å². The topological polar surface area (TPSA) is 76.9 Å². The molecule has 0 bridgehead atoms. The minimum absolute atomic E-state index is 0.0713. The molecule has 0 aliphatic carbocycles. The Labute approximate surface area is 207 Å². The highest BCUT2D eigenvalue weighted by Gasteiger charge is 2.27. The van der Waals surface area contributed by atoms with E-state index >= 15 is 0 Å². The van der Waals surface area contributed by atoms with E-state index in [0.717, 1.165) is 36.2 Å². The first kappa shape index (κ1) is 24.0. The number of carbonyl (C=O) groups is 2. The molecule has 0 radical (unpaired) electrons. The Bertz CT molecular complexity index is 1220. The third kappa shape index (κ3) is 4.98. The molecule has 0 N–H and O–H groups in total. The monoisotopic (exact) mass is 498 g/mol. The second-order valence-corrected chi connectivity index (χ2v) is 9.08. The van der Waals surface area contributed by atoms with Crippen molar-refractivity contribution in [1.82, 2.24) is 19.4 Å². The molecule has 36 heavy (non-hydrogen) atoms. The summed E-state index contributed by atoms with van der Waals surface area (Å²) in [6.07, 6.45) is 3.66. The van der Waals surface area contributed by atoms with Gasteiger partial charge in [0.05, 0.1) is 11.7 Å². The van der Waals surface area contributed by atoms with Crippen molar-refractivity contribution >= 4 is 22.9 Å². The molecule has 4 heterocycles. The van der Waals surface area contributed by atoms with Crippen LogP contribution in [0.4, 0.5) is 13.6 Å². The van der Waals surface area contributed by atoms with Crippen LogP contribution >= 0.6 is 0 Å². The first-order valence-corrected chi connectivity index (χ1v) is 12.2. The number of nitrogens with zero attached hydrogens (tertiary/aromatic N) is 4. The number of alkyl halides is 2. The van der Waals surface area contributed by atoms with Crippen LogP contribution in [0, 0.1) is 0 Å². The summed E-state index contributed by atoms with van der Waals surface area (Å²) in [7, 11) is 0. The summed E-state index contributed by atoms with van der Waals surface area (Å²) in [6, 6.07) is 11.4. The first-order valence-electron chi connectivity index (χ1n) is 12.2. The average Bonchev–Trinajstić information content (AvgIpc) is 3.30. The molecule has 2 aromatic heterocycles. The van der Waals surface area contributed by atoms with E-state index in [9.17, 15) is 18.4 Å². The van der Waals surface area contributed by atoms with Crippen LogP contribution < -0.4 is 4.74 Å². The van der Waals surface area contributed by atoms with Gasteiger partial charge in [-0.1, -0.05) is 0 Å². The van der Waals surface area contributed by atoms with Crippen molar-refractivity contribution < 1.29 is 27.8 Å². The molecule has 0 unspecified atom stereocenters. The standard InChI is InChI=1S/C26H28F2N4O4/c27-15-22(16-28)36-26(34)31-11-7-20(8-12-31)35-21-3-5-24(29-17-21)32-13-6-18-14-19(2-4-23(18)32)25(33)30-9-1-10-30/h2-6,13-14,17,20,22H,1,7-12,15-16H2. The Morgan fingerprint density at radius 1 is 1.00 bits per heavy atom. The number of rotatable bonds is 7. The van der Waals surface area contributed by atoms with Gasteiger partial charge in [-0.25, -0.2) is 18.6 Å². The fourth-order valence-electron chi connectivity index (χ4n) is 4.43. The van der Waals surface area contributed by atoms with Crippen molar-refractivity contribution in [3.8, 4) is 11.6 Å². The summed E-state index contributed by atoms with van der Waals surface area (Å²) < 4.78 is 38.0. The van der Waals surface area contributed by atoms with E-state index in [2.05, 4.69) is 4.98 Å². The summed E-state index contributed by atoms with van der Waals surface area (Å²) in [5, 5.41) is 0.970. The summed E-state index contributed by atoms with van der Waals surface area (Å²) in [6.45, 7) is 0.342. The number of hydrogen-bond acceptors (Lipinski definition) is 5. The Balaban J connectivity index is 1.18. The molecule has 2 fully saturated rings. The van der Waals surface area contributed by atoms with Gasteiger partial charge in [-0.15, -0.1) is 0 Å². The van der Waals surface area contributed by atoms with Crippen LogP contribution in [0.5, 0.6) is 5.75 Å². The second kappa shape index (κ2) is 10.5. The molecule has 1 aromatic carbocycles. The zero-order valence-corrected chi connectivity index (χ0v) is 19.8. The van der Waals surface area contributed by atoms with Crippen LogP contribution in [-0.2, 0) is 4.74 Å². The molecular weight excluding hydrogens is 470 g/mol. The van der Waals surface area contributed by atoms with E-state index in [-0.39, 0.29) is 12.0 Å². The number of carbonyl (C=O) groups excluding carboxylic acids is 2. The predicted octanol–water partition coefficient (Wildman–Crippen LogP) is 4.16. The molecule has 190 valence electrons. The Kier molecular flexibility index (Phi) is 7.02. The van der Waals surface area contributed by atoms with E-state index in [0.29, 0.717) is 37.2 Å². The number of fused-ring (bicyclic) bond motifs is 1. The van der Waals surface area contributed by atoms with E-state index in [1.165, 1.54) is 4.90 Å². The highest BCUT2D eigenvalue weighted by molar-refractivity contribution is 5.98. The second-order valence-electron chi connectivity index (χ2n) is 9.08. The normalized spacial score (nSPS) is 16.3. The Morgan fingerprint density at radius 2 is 1.78 bits per heavy atom. The van der Waals surface area contributed by atoms with E-state index < -0.39 is 25.5 Å². The smallest absolute Gasteiger partial charge is 0.410 e. The van der Waals surface area contributed by atoms with Crippen molar-refractivity contribution in [2.24, 2.45) is 0 Å². The van der Waals surface area contributed by atoms with Gasteiger partial charge >= 0.3 is 6.09 Å². The number of piperidine rings is 1. The van der Waals surface area contributed by atoms with Crippen LogP contribution in [0.25, 0.3) is 16.7 Å². The van der Waals surface area contributed by atoms with Crippen molar-refractivity contribution in [1.29, 1.82) is 0 Å². The van der Waals surface area contributed by atoms with Crippen molar-refractivity contribution in [2.75, 3.05) is 39.5 Å². The maximum Gasteiger partial charge on any atom is 0.410 e. The lowest BCUT2D eigenvalue weighted by Gasteiger charge is -2.32. The summed E-state index contributed by atoms with van der Waals surface area (Å²) >= 11 is 0. The SMILES string of the molecule is O=C(OC(CF)CF)N1CCC(Oc2ccc(-n3ccc4cc(C(=O)N5CCC5)ccc43)nc2)CC1. The molecule has 0 saturated carbocycles. The third-order valence-electron chi connectivity index (χ3n) is 6.66. The molecular formula is C26H28F2N4O4. The van der Waals surface area contributed by atoms with Crippen molar-refractivity contribution in [2.45, 2.75) is 31.5 Å².